The minimum atomic E-state index is -0.108. The lowest BCUT2D eigenvalue weighted by Crippen LogP contribution is -2.46. The van der Waals surface area contributed by atoms with Gasteiger partial charge in [-0.1, -0.05) is 18.5 Å². The van der Waals surface area contributed by atoms with Crippen LogP contribution in [0.3, 0.4) is 0 Å². The Balaban J connectivity index is 2.25. The van der Waals surface area contributed by atoms with Crippen LogP contribution >= 0.6 is 11.6 Å². The summed E-state index contributed by atoms with van der Waals surface area (Å²) in [6.07, 6.45) is 2.17. The number of piperidine rings is 1. The van der Waals surface area contributed by atoms with E-state index in [4.69, 9.17) is 11.6 Å². The smallest absolute Gasteiger partial charge is 0.257 e. The molecule has 0 radical (unpaired) electrons. The van der Waals surface area contributed by atoms with Gasteiger partial charge in [0, 0.05) is 17.6 Å². The van der Waals surface area contributed by atoms with Crippen LogP contribution in [0.15, 0.2) is 18.2 Å². The first-order valence-corrected chi connectivity index (χ1v) is 6.68. The topological polar surface area (TPSA) is 40.5 Å². The first kappa shape index (κ1) is 13.2. The number of halogens is 1. The Kier molecular flexibility index (Phi) is 3.81. The number of aromatic hydroxyl groups is 1. The molecule has 0 aromatic heterocycles. The third-order valence-electron chi connectivity index (χ3n) is 3.82. The van der Waals surface area contributed by atoms with Crippen molar-refractivity contribution in [3.8, 4) is 5.75 Å². The van der Waals surface area contributed by atoms with Crippen molar-refractivity contribution in [2.75, 3.05) is 6.54 Å². The molecule has 0 spiro atoms. The third-order valence-corrected chi connectivity index (χ3v) is 4.06. The fourth-order valence-corrected chi connectivity index (χ4v) is 2.63. The molecular weight excluding hydrogens is 250 g/mol. The normalized spacial score (nSPS) is 24.1. The molecule has 1 aromatic rings. The molecular formula is C14H18ClNO2. The molecule has 0 saturated carbocycles. The second kappa shape index (κ2) is 5.19. The van der Waals surface area contributed by atoms with E-state index in [1.165, 1.54) is 6.07 Å². The molecule has 4 heteroatoms. The number of amides is 1. The summed E-state index contributed by atoms with van der Waals surface area (Å²) in [5.74, 6) is 0.346. The molecule has 1 aliphatic heterocycles. The number of carbonyl (C=O) groups is 1. The summed E-state index contributed by atoms with van der Waals surface area (Å²) in [6, 6.07) is 4.84. The molecule has 3 nitrogen and oxygen atoms in total. The zero-order valence-electron chi connectivity index (χ0n) is 10.7. The number of rotatable bonds is 1. The maximum atomic E-state index is 12.4. The molecule has 18 heavy (non-hydrogen) atoms. The summed E-state index contributed by atoms with van der Waals surface area (Å²) in [7, 11) is 0. The van der Waals surface area contributed by atoms with Gasteiger partial charge in [0.1, 0.15) is 5.75 Å². The molecule has 2 unspecified atom stereocenters. The van der Waals surface area contributed by atoms with Crippen LogP contribution in [-0.4, -0.2) is 28.5 Å². The summed E-state index contributed by atoms with van der Waals surface area (Å²) in [5.41, 5.74) is 0.334. The number of likely N-dealkylation sites (tertiary alicyclic amines) is 1. The van der Waals surface area contributed by atoms with E-state index in [-0.39, 0.29) is 17.7 Å². The second-order valence-electron chi connectivity index (χ2n) is 5.02. The summed E-state index contributed by atoms with van der Waals surface area (Å²) >= 11 is 5.77. The summed E-state index contributed by atoms with van der Waals surface area (Å²) in [4.78, 5) is 14.3. The van der Waals surface area contributed by atoms with E-state index in [0.717, 1.165) is 19.4 Å². The van der Waals surface area contributed by atoms with Crippen LogP contribution in [-0.2, 0) is 0 Å². The molecule has 1 heterocycles. The SMILES string of the molecule is CC1CCCN(C(=O)c2ccc(Cl)cc2O)C1C. The van der Waals surface area contributed by atoms with Crippen molar-refractivity contribution in [1.82, 2.24) is 4.90 Å². The molecule has 2 atom stereocenters. The fraction of sp³-hybridized carbons (Fsp3) is 0.500. The van der Waals surface area contributed by atoms with Crippen LogP contribution < -0.4 is 0 Å². The zero-order chi connectivity index (χ0) is 13.3. The Bertz CT molecular complexity index is 461. The van der Waals surface area contributed by atoms with E-state index >= 15 is 0 Å². The predicted octanol–water partition coefficient (Wildman–Crippen LogP) is 3.31. The molecule has 1 amide bonds. The number of phenols is 1. The number of nitrogens with zero attached hydrogens (tertiary/aromatic N) is 1. The maximum absolute atomic E-state index is 12.4. The number of phenolic OH excluding ortho intramolecular Hbond substituents is 1. The third kappa shape index (κ3) is 2.46. The number of hydrogen-bond acceptors (Lipinski definition) is 2. The van der Waals surface area contributed by atoms with E-state index in [1.54, 1.807) is 12.1 Å². The van der Waals surface area contributed by atoms with Crippen LogP contribution in [0.4, 0.5) is 0 Å². The average Bonchev–Trinajstić information content (AvgIpc) is 2.32. The molecule has 1 saturated heterocycles. The Morgan fingerprint density at radius 1 is 1.44 bits per heavy atom. The van der Waals surface area contributed by atoms with Gasteiger partial charge in [-0.25, -0.2) is 0 Å². The van der Waals surface area contributed by atoms with E-state index < -0.39 is 0 Å². The van der Waals surface area contributed by atoms with Crippen LogP contribution in [0.2, 0.25) is 5.02 Å². The van der Waals surface area contributed by atoms with Crippen LogP contribution in [0.25, 0.3) is 0 Å². The highest BCUT2D eigenvalue weighted by molar-refractivity contribution is 6.30. The van der Waals surface area contributed by atoms with Crippen molar-refractivity contribution in [2.24, 2.45) is 5.92 Å². The van der Waals surface area contributed by atoms with Gasteiger partial charge < -0.3 is 10.0 Å². The summed E-state index contributed by atoms with van der Waals surface area (Å²) in [5, 5.41) is 10.2. The minimum absolute atomic E-state index is 0.0436. The lowest BCUT2D eigenvalue weighted by atomic mass is 9.91. The highest BCUT2D eigenvalue weighted by Crippen LogP contribution is 2.28. The average molecular weight is 268 g/mol. The van der Waals surface area contributed by atoms with E-state index in [1.807, 2.05) is 4.90 Å². The van der Waals surface area contributed by atoms with Crippen LogP contribution in [0.5, 0.6) is 5.75 Å². The molecule has 1 aliphatic rings. The number of benzene rings is 1. The number of hydrogen-bond donors (Lipinski definition) is 1. The van der Waals surface area contributed by atoms with E-state index in [2.05, 4.69) is 13.8 Å². The van der Waals surface area contributed by atoms with E-state index in [9.17, 15) is 9.90 Å². The molecule has 0 bridgehead atoms. The fourth-order valence-electron chi connectivity index (χ4n) is 2.46. The van der Waals surface area contributed by atoms with Gasteiger partial charge >= 0.3 is 0 Å². The molecule has 1 fully saturated rings. The first-order chi connectivity index (χ1) is 8.50. The van der Waals surface area contributed by atoms with Crippen molar-refractivity contribution < 1.29 is 9.90 Å². The van der Waals surface area contributed by atoms with Gasteiger partial charge in [-0.2, -0.15) is 0 Å². The Morgan fingerprint density at radius 2 is 2.17 bits per heavy atom. The molecule has 2 rings (SSSR count). The van der Waals surface area contributed by atoms with Gasteiger partial charge in [0.15, 0.2) is 0 Å². The lowest BCUT2D eigenvalue weighted by molar-refractivity contribution is 0.0548. The van der Waals surface area contributed by atoms with Crippen molar-refractivity contribution in [3.05, 3.63) is 28.8 Å². The minimum Gasteiger partial charge on any atom is -0.507 e. The van der Waals surface area contributed by atoms with Crippen molar-refractivity contribution >= 4 is 17.5 Å². The second-order valence-corrected chi connectivity index (χ2v) is 5.46. The van der Waals surface area contributed by atoms with Gasteiger partial charge in [-0.15, -0.1) is 0 Å². The summed E-state index contributed by atoms with van der Waals surface area (Å²) in [6.45, 7) is 4.98. The van der Waals surface area contributed by atoms with Gasteiger partial charge in [0.2, 0.25) is 0 Å². The van der Waals surface area contributed by atoms with Crippen molar-refractivity contribution in [1.29, 1.82) is 0 Å². The van der Waals surface area contributed by atoms with Gasteiger partial charge in [0.05, 0.1) is 5.56 Å². The largest absolute Gasteiger partial charge is 0.507 e. The van der Waals surface area contributed by atoms with Crippen LogP contribution in [0, 0.1) is 5.92 Å². The monoisotopic (exact) mass is 267 g/mol. The van der Waals surface area contributed by atoms with E-state index in [0.29, 0.717) is 16.5 Å². The Morgan fingerprint density at radius 3 is 2.83 bits per heavy atom. The molecule has 0 aliphatic carbocycles. The molecule has 98 valence electrons. The maximum Gasteiger partial charge on any atom is 0.257 e. The van der Waals surface area contributed by atoms with Crippen LogP contribution in [0.1, 0.15) is 37.0 Å². The first-order valence-electron chi connectivity index (χ1n) is 6.30. The predicted molar refractivity (Wildman–Crippen MR) is 72.0 cm³/mol. The van der Waals surface area contributed by atoms with Crippen molar-refractivity contribution in [3.63, 3.8) is 0 Å². The standard InChI is InChI=1S/C14H18ClNO2/c1-9-4-3-7-16(10(9)2)14(18)12-6-5-11(15)8-13(12)17/h5-6,8-10,17H,3-4,7H2,1-2H3. The van der Waals surface area contributed by atoms with Gasteiger partial charge in [-0.05, 0) is 43.9 Å². The number of carbonyl (C=O) groups excluding carboxylic acids is 1. The molecule has 1 N–H and O–H groups in total. The quantitative estimate of drug-likeness (QED) is 0.848. The Hall–Kier alpha value is -1.22. The highest BCUT2D eigenvalue weighted by atomic mass is 35.5. The van der Waals surface area contributed by atoms with Crippen molar-refractivity contribution in [2.45, 2.75) is 32.7 Å². The van der Waals surface area contributed by atoms with Gasteiger partial charge in [-0.3, -0.25) is 4.79 Å². The lowest BCUT2D eigenvalue weighted by Gasteiger charge is -2.38. The summed E-state index contributed by atoms with van der Waals surface area (Å²) < 4.78 is 0. The molecule has 1 aromatic carbocycles. The Labute approximate surface area is 112 Å². The highest BCUT2D eigenvalue weighted by Gasteiger charge is 2.30. The van der Waals surface area contributed by atoms with Gasteiger partial charge in [0.25, 0.3) is 5.91 Å². The zero-order valence-corrected chi connectivity index (χ0v) is 11.4.